The molecule has 9 heteroatoms. The summed E-state index contributed by atoms with van der Waals surface area (Å²) in [6.07, 6.45) is -3.74. The molecule has 3 aromatic rings. The third-order valence-corrected chi connectivity index (χ3v) is 4.87. The van der Waals surface area contributed by atoms with Gasteiger partial charge in [-0.15, -0.1) is 0 Å². The van der Waals surface area contributed by atoms with Crippen molar-refractivity contribution < 1.29 is 29.6 Å². The Kier molecular flexibility index (Phi) is 4.92. The third-order valence-electron chi connectivity index (χ3n) is 4.87. The van der Waals surface area contributed by atoms with Gasteiger partial charge < -0.3 is 39.9 Å². The number of aromatic amines is 1. The fourth-order valence-corrected chi connectivity index (χ4v) is 3.35. The van der Waals surface area contributed by atoms with E-state index in [2.05, 4.69) is 10.3 Å². The van der Waals surface area contributed by atoms with Crippen molar-refractivity contribution in [3.63, 3.8) is 0 Å². The highest BCUT2D eigenvalue weighted by Crippen LogP contribution is 2.26. The number of anilines is 1. The Hall–Kier alpha value is -2.69. The number of pyridine rings is 1. The largest absolute Gasteiger partial charge is 0.464 e. The molecule has 6 N–H and O–H groups in total. The molecule has 2 aromatic heterocycles. The van der Waals surface area contributed by atoms with Crippen LogP contribution in [0.3, 0.4) is 0 Å². The molecule has 0 radical (unpaired) electrons. The summed E-state index contributed by atoms with van der Waals surface area (Å²) in [6.45, 7) is -0.531. The molecule has 3 unspecified atom stereocenters. The van der Waals surface area contributed by atoms with Gasteiger partial charge in [-0.1, -0.05) is 6.07 Å². The minimum absolute atomic E-state index is 0.318. The number of hydrogen-bond donors (Lipinski definition) is 6. The fraction of sp³-hybridized carbons (Fsp3) is 0.316. The van der Waals surface area contributed by atoms with Gasteiger partial charge in [-0.25, -0.2) is 0 Å². The van der Waals surface area contributed by atoms with Gasteiger partial charge in [0, 0.05) is 5.69 Å². The summed E-state index contributed by atoms with van der Waals surface area (Å²) in [5.74, 6) is 0.461. The average molecular weight is 388 g/mol. The van der Waals surface area contributed by atoms with Crippen LogP contribution in [0.5, 0.6) is 0 Å². The predicted octanol–water partition coefficient (Wildman–Crippen LogP) is -0.0001000. The quantitative estimate of drug-likeness (QED) is 0.366. The maximum Gasteiger partial charge on any atom is 0.259 e. The molecule has 1 fully saturated rings. The first kappa shape index (κ1) is 18.7. The number of aromatic nitrogens is 1. The summed E-state index contributed by atoms with van der Waals surface area (Å²) >= 11 is 0. The van der Waals surface area contributed by atoms with Crippen molar-refractivity contribution >= 4 is 16.6 Å². The molecule has 148 valence electrons. The van der Waals surface area contributed by atoms with Gasteiger partial charge >= 0.3 is 0 Å². The van der Waals surface area contributed by atoms with E-state index in [1.165, 1.54) is 6.26 Å². The number of aliphatic hydroxyl groups is 4. The van der Waals surface area contributed by atoms with E-state index in [0.29, 0.717) is 22.5 Å². The van der Waals surface area contributed by atoms with Crippen LogP contribution in [-0.2, 0) is 4.74 Å². The third kappa shape index (κ3) is 3.30. The first-order valence-electron chi connectivity index (χ1n) is 8.76. The Morgan fingerprint density at radius 2 is 1.93 bits per heavy atom. The van der Waals surface area contributed by atoms with E-state index < -0.39 is 37.3 Å². The van der Waals surface area contributed by atoms with Crippen LogP contribution in [0.2, 0.25) is 0 Å². The van der Waals surface area contributed by atoms with Crippen LogP contribution in [0.15, 0.2) is 51.9 Å². The van der Waals surface area contributed by atoms with Crippen molar-refractivity contribution in [3.05, 3.63) is 53.0 Å². The summed E-state index contributed by atoms with van der Waals surface area (Å²) in [4.78, 5) is 15.1. The van der Waals surface area contributed by atoms with Crippen LogP contribution in [0.1, 0.15) is 0 Å². The number of hydrogen-bond acceptors (Lipinski definition) is 8. The Balaban J connectivity index is 1.62. The zero-order valence-electron chi connectivity index (χ0n) is 14.6. The summed E-state index contributed by atoms with van der Waals surface area (Å²) in [7, 11) is 0. The van der Waals surface area contributed by atoms with Crippen molar-refractivity contribution in [3.8, 4) is 11.3 Å². The van der Waals surface area contributed by atoms with Crippen LogP contribution in [-0.4, -0.2) is 62.7 Å². The molecule has 0 bridgehead atoms. The van der Waals surface area contributed by atoms with E-state index in [-0.39, 0.29) is 5.56 Å². The van der Waals surface area contributed by atoms with Gasteiger partial charge in [-0.2, -0.15) is 0 Å². The van der Waals surface area contributed by atoms with Gasteiger partial charge in [0.15, 0.2) is 6.29 Å². The molecule has 0 amide bonds. The topological polar surface area (TPSA) is 148 Å². The van der Waals surface area contributed by atoms with E-state index in [1.807, 2.05) is 0 Å². The number of aliphatic hydroxyl groups excluding tert-OH is 4. The fourth-order valence-electron chi connectivity index (χ4n) is 3.35. The van der Waals surface area contributed by atoms with Crippen molar-refractivity contribution in [1.82, 2.24) is 4.98 Å². The molecule has 3 heterocycles. The molecule has 0 aliphatic carbocycles. The number of benzene rings is 1. The summed E-state index contributed by atoms with van der Waals surface area (Å²) in [5.41, 5.74) is 1.12. The highest BCUT2D eigenvalue weighted by atomic mass is 16.6. The molecule has 28 heavy (non-hydrogen) atoms. The number of ether oxygens (including phenoxy) is 1. The van der Waals surface area contributed by atoms with Crippen LogP contribution in [0.25, 0.3) is 22.2 Å². The maximum atomic E-state index is 12.4. The summed E-state index contributed by atoms with van der Waals surface area (Å²) in [5, 5.41) is 43.1. The van der Waals surface area contributed by atoms with Crippen molar-refractivity contribution in [2.24, 2.45) is 0 Å². The van der Waals surface area contributed by atoms with E-state index >= 15 is 0 Å². The zero-order valence-corrected chi connectivity index (χ0v) is 14.6. The minimum atomic E-state index is -1.44. The van der Waals surface area contributed by atoms with Gasteiger partial charge in [0.05, 0.1) is 24.0 Å². The van der Waals surface area contributed by atoms with E-state index in [0.717, 1.165) is 5.39 Å². The maximum absolute atomic E-state index is 12.4. The van der Waals surface area contributed by atoms with Crippen LogP contribution in [0.4, 0.5) is 5.69 Å². The van der Waals surface area contributed by atoms with Gasteiger partial charge in [-0.05, 0) is 35.7 Å². The second-order valence-corrected chi connectivity index (χ2v) is 6.69. The second-order valence-electron chi connectivity index (χ2n) is 6.69. The molecule has 0 spiro atoms. The Morgan fingerprint density at radius 1 is 1.11 bits per heavy atom. The SMILES string of the molecule is O=c1[nH]c2cc(N[C@@H]3C(O)OC(CO)[C@@H](O)C3O)ccc2cc1-c1ccco1. The van der Waals surface area contributed by atoms with Gasteiger partial charge in [0.25, 0.3) is 5.56 Å². The Morgan fingerprint density at radius 3 is 2.64 bits per heavy atom. The van der Waals surface area contributed by atoms with E-state index in [4.69, 9.17) is 14.3 Å². The number of rotatable bonds is 4. The lowest BCUT2D eigenvalue weighted by Crippen LogP contribution is -2.61. The number of nitrogens with one attached hydrogen (secondary N) is 2. The van der Waals surface area contributed by atoms with Crippen molar-refractivity contribution in [2.45, 2.75) is 30.6 Å². The monoisotopic (exact) mass is 388 g/mol. The lowest BCUT2D eigenvalue weighted by molar-refractivity contribution is -0.245. The van der Waals surface area contributed by atoms with Crippen molar-refractivity contribution in [2.75, 3.05) is 11.9 Å². The zero-order chi connectivity index (χ0) is 19.8. The van der Waals surface area contributed by atoms with E-state index in [9.17, 15) is 20.1 Å². The highest BCUT2D eigenvalue weighted by Gasteiger charge is 2.43. The molecule has 4 rings (SSSR count). The van der Waals surface area contributed by atoms with Crippen LogP contribution >= 0.6 is 0 Å². The Bertz CT molecular complexity index is 1020. The molecular formula is C19H20N2O7. The summed E-state index contributed by atoms with van der Waals surface area (Å²) in [6, 6.07) is 9.19. The van der Waals surface area contributed by atoms with Crippen LogP contribution in [0, 0.1) is 0 Å². The standard InChI is InChI=1S/C19H20N2O7/c22-8-14-16(23)17(24)15(19(26)28-14)20-10-4-3-9-6-11(13-2-1-5-27-13)18(25)21-12(9)7-10/h1-7,14-17,19-20,22-24,26H,8H2,(H,21,25)/t14?,15-,16+,17?,19?/m0/s1. The minimum Gasteiger partial charge on any atom is -0.464 e. The smallest absolute Gasteiger partial charge is 0.259 e. The lowest BCUT2D eigenvalue weighted by atomic mass is 9.97. The van der Waals surface area contributed by atoms with Crippen molar-refractivity contribution in [1.29, 1.82) is 0 Å². The molecule has 9 nitrogen and oxygen atoms in total. The second kappa shape index (κ2) is 7.38. The van der Waals surface area contributed by atoms with Gasteiger partial charge in [0.1, 0.15) is 30.1 Å². The van der Waals surface area contributed by atoms with Gasteiger partial charge in [-0.3, -0.25) is 4.79 Å². The lowest BCUT2D eigenvalue weighted by Gasteiger charge is -2.40. The number of H-pyrrole nitrogens is 1. The predicted molar refractivity (Wildman–Crippen MR) is 99.7 cm³/mol. The molecule has 1 aromatic carbocycles. The summed E-state index contributed by atoms with van der Waals surface area (Å²) < 4.78 is 10.4. The normalized spacial score (nSPS) is 27.8. The number of furan rings is 1. The number of fused-ring (bicyclic) bond motifs is 1. The molecule has 1 saturated heterocycles. The van der Waals surface area contributed by atoms with Crippen LogP contribution < -0.4 is 10.9 Å². The molecule has 0 saturated carbocycles. The first-order valence-corrected chi connectivity index (χ1v) is 8.76. The Labute approximate surface area is 158 Å². The highest BCUT2D eigenvalue weighted by molar-refractivity contribution is 5.85. The molecule has 1 aliphatic heterocycles. The first-order chi connectivity index (χ1) is 13.5. The molecule has 1 aliphatic rings. The molecule has 5 atom stereocenters. The van der Waals surface area contributed by atoms with E-state index in [1.54, 1.807) is 36.4 Å². The molecular weight excluding hydrogens is 368 g/mol. The van der Waals surface area contributed by atoms with Gasteiger partial charge in [0.2, 0.25) is 0 Å². The average Bonchev–Trinajstić information content (AvgIpc) is 3.22.